The van der Waals surface area contributed by atoms with Crippen molar-refractivity contribution in [1.29, 1.82) is 0 Å². The van der Waals surface area contributed by atoms with E-state index < -0.39 is 0 Å². The fourth-order valence-corrected chi connectivity index (χ4v) is 10.1. The largest absolute Gasteiger partial charge is 0.279 e. The number of anilines is 6. The van der Waals surface area contributed by atoms with E-state index in [4.69, 9.17) is 19.9 Å². The van der Waals surface area contributed by atoms with Crippen LogP contribution in [0.2, 0.25) is 0 Å². The molecule has 0 aliphatic heterocycles. The van der Waals surface area contributed by atoms with Gasteiger partial charge in [0, 0.05) is 34.5 Å². The minimum absolute atomic E-state index is 0.669. The summed E-state index contributed by atoms with van der Waals surface area (Å²) in [5.41, 5.74) is 10.8. The summed E-state index contributed by atoms with van der Waals surface area (Å²) >= 11 is 0. The van der Waals surface area contributed by atoms with E-state index in [1.807, 2.05) is 48.8 Å². The summed E-state index contributed by atoms with van der Waals surface area (Å²) in [4.78, 5) is 24.7. The number of hydrogen-bond acceptors (Lipinski definition) is 6. The lowest BCUT2D eigenvalue weighted by atomic mass is 9.89. The lowest BCUT2D eigenvalue weighted by molar-refractivity contribution is 1.13. The summed E-state index contributed by atoms with van der Waals surface area (Å²) in [6.45, 7) is 0. The van der Waals surface area contributed by atoms with Crippen molar-refractivity contribution in [2.75, 3.05) is 9.80 Å². The summed E-state index contributed by atoms with van der Waals surface area (Å²) in [6.07, 6.45) is 4.36. The van der Waals surface area contributed by atoms with Crippen LogP contribution in [0.5, 0.6) is 0 Å². The van der Waals surface area contributed by atoms with Crippen molar-refractivity contribution >= 4 is 89.1 Å². The number of fused-ring (bicyclic) bond motifs is 6. The predicted octanol–water partition coefficient (Wildman–Crippen LogP) is 13.8. The van der Waals surface area contributed by atoms with E-state index in [2.05, 4.69) is 204 Å². The predicted molar refractivity (Wildman–Crippen MR) is 283 cm³/mol. The Morgan fingerprint density at radius 3 is 1.42 bits per heavy atom. The Bertz CT molecular complexity index is 4080. The molecule has 0 N–H and O–H groups in total. The number of para-hydroxylation sites is 2. The Morgan fingerprint density at radius 1 is 0.333 bits per heavy atom. The number of rotatable bonds is 8. The summed E-state index contributed by atoms with van der Waals surface area (Å²) < 4.78 is 0. The maximum atomic E-state index is 5.25. The van der Waals surface area contributed by atoms with Crippen molar-refractivity contribution in [1.82, 2.24) is 19.9 Å². The summed E-state index contributed by atoms with van der Waals surface area (Å²) in [5, 5.41) is 9.24. The number of hydrogen-bond donors (Lipinski definition) is 0. The Kier molecular flexibility index (Phi) is 9.79. The molecule has 0 atom stereocenters. The van der Waals surface area contributed by atoms with Gasteiger partial charge in [-0.15, -0.1) is 0 Å². The fourth-order valence-electron chi connectivity index (χ4n) is 10.1. The van der Waals surface area contributed by atoms with Gasteiger partial charge in [-0.1, -0.05) is 133 Å². The average molecular weight is 883 g/mol. The van der Waals surface area contributed by atoms with Gasteiger partial charge in [-0.05, 0) is 169 Å². The minimum Gasteiger partial charge on any atom is -0.279 e. The summed E-state index contributed by atoms with van der Waals surface area (Å²) in [5.74, 6) is 3.15. The van der Waals surface area contributed by atoms with Crippen LogP contribution < -0.4 is 20.2 Å². The topological polar surface area (TPSA) is 58.0 Å². The molecule has 0 spiro atoms. The lowest BCUT2D eigenvalue weighted by Gasteiger charge is -2.25. The standard InChI is InChI=1S/C63H42N6/c1-3-17-46-37-48(25-23-42(46)13-1)55-40-50-39-51(68(59-21-9-11-35-64-59)61-33-27-44-15-5-7-19-57(44)66-61)29-31-53(50)63(49-26-24-43-14-2-4-18-47(43)38-49)56-41-52(30-32-54(55)56)69(60-22-10-12-36-65-60)62-34-28-45-16-6-8-20-58(45)67-62/h1-39,41H,40H2. The van der Waals surface area contributed by atoms with Crippen LogP contribution in [0.15, 0.2) is 243 Å². The van der Waals surface area contributed by atoms with Crippen LogP contribution in [0.1, 0.15) is 22.3 Å². The number of benzene rings is 8. The second kappa shape index (κ2) is 16.9. The fraction of sp³-hybridized carbons (Fsp3) is 0.0159. The highest BCUT2D eigenvalue weighted by Crippen LogP contribution is 2.39. The highest BCUT2D eigenvalue weighted by molar-refractivity contribution is 5.94. The zero-order chi connectivity index (χ0) is 45.7. The van der Waals surface area contributed by atoms with Crippen molar-refractivity contribution < 1.29 is 0 Å². The monoisotopic (exact) mass is 882 g/mol. The van der Waals surface area contributed by atoms with Crippen molar-refractivity contribution in [3.63, 3.8) is 0 Å². The second-order valence-corrected chi connectivity index (χ2v) is 17.5. The molecule has 0 unspecified atom stereocenters. The molecule has 0 amide bonds. The third-order valence-corrected chi connectivity index (χ3v) is 13.4. The van der Waals surface area contributed by atoms with Gasteiger partial charge in [0.1, 0.15) is 23.3 Å². The Balaban J connectivity index is 1.12. The third-order valence-electron chi connectivity index (χ3n) is 13.4. The molecule has 4 aromatic heterocycles. The maximum Gasteiger partial charge on any atom is 0.139 e. The van der Waals surface area contributed by atoms with E-state index >= 15 is 0 Å². The van der Waals surface area contributed by atoms with Crippen LogP contribution in [0.25, 0.3) is 54.5 Å². The lowest BCUT2D eigenvalue weighted by Crippen LogP contribution is -2.31. The Hall–Kier alpha value is -9.26. The number of aromatic nitrogens is 4. The second-order valence-electron chi connectivity index (χ2n) is 17.5. The first kappa shape index (κ1) is 40.1. The van der Waals surface area contributed by atoms with E-state index in [9.17, 15) is 0 Å². The first-order chi connectivity index (χ1) is 34.2. The number of pyridine rings is 4. The van der Waals surface area contributed by atoms with Gasteiger partial charge in [-0.3, -0.25) is 9.80 Å². The van der Waals surface area contributed by atoms with E-state index in [-0.39, 0.29) is 0 Å². The van der Waals surface area contributed by atoms with Gasteiger partial charge in [-0.25, -0.2) is 19.9 Å². The van der Waals surface area contributed by atoms with Gasteiger partial charge in [0.2, 0.25) is 0 Å². The van der Waals surface area contributed by atoms with Crippen LogP contribution >= 0.6 is 0 Å². The first-order valence-electron chi connectivity index (χ1n) is 23.3. The molecule has 12 aromatic rings. The molecule has 0 fully saturated rings. The SMILES string of the molecule is c1ccc(N(c2ccc3c(c2)CC(c2ccc4ccccc4c2)=c2ccc(N(c4ccccn4)c4ccc5ccccc5n4)cc2=C3c2ccc3ccccc3c2)c2ccc3ccccc3n2)nc1. The van der Waals surface area contributed by atoms with Crippen LogP contribution in [0, 0.1) is 0 Å². The molecular weight excluding hydrogens is 841 g/mol. The quantitative estimate of drug-likeness (QED) is 0.152. The Labute approximate surface area is 399 Å². The molecule has 0 radical (unpaired) electrons. The highest BCUT2D eigenvalue weighted by Gasteiger charge is 2.25. The zero-order valence-electron chi connectivity index (χ0n) is 37.5. The van der Waals surface area contributed by atoms with Crippen molar-refractivity contribution in [3.8, 4) is 0 Å². The van der Waals surface area contributed by atoms with Gasteiger partial charge in [0.15, 0.2) is 0 Å². The molecule has 1 aliphatic rings. The highest BCUT2D eigenvalue weighted by atomic mass is 15.2. The van der Waals surface area contributed by atoms with Crippen molar-refractivity contribution in [2.45, 2.75) is 6.42 Å². The molecule has 6 heteroatoms. The third kappa shape index (κ3) is 7.32. The molecule has 13 rings (SSSR count). The van der Waals surface area contributed by atoms with Gasteiger partial charge in [0.25, 0.3) is 0 Å². The molecule has 6 nitrogen and oxygen atoms in total. The maximum absolute atomic E-state index is 5.25. The normalized spacial score (nSPS) is 12.2. The van der Waals surface area contributed by atoms with Crippen molar-refractivity contribution in [3.05, 3.63) is 276 Å². The average Bonchev–Trinajstić information content (AvgIpc) is 3.55. The molecule has 8 aromatic carbocycles. The van der Waals surface area contributed by atoms with Crippen LogP contribution in [-0.4, -0.2) is 19.9 Å². The Morgan fingerprint density at radius 2 is 0.826 bits per heavy atom. The van der Waals surface area contributed by atoms with Gasteiger partial charge < -0.3 is 0 Å². The molecule has 324 valence electrons. The van der Waals surface area contributed by atoms with Crippen LogP contribution in [0.3, 0.4) is 0 Å². The molecule has 0 saturated heterocycles. The smallest absolute Gasteiger partial charge is 0.139 e. The van der Waals surface area contributed by atoms with Crippen LogP contribution in [-0.2, 0) is 6.42 Å². The molecule has 1 aliphatic carbocycles. The first-order valence-corrected chi connectivity index (χ1v) is 23.3. The molecule has 69 heavy (non-hydrogen) atoms. The number of nitrogens with zero attached hydrogens (tertiary/aromatic N) is 6. The van der Waals surface area contributed by atoms with Crippen molar-refractivity contribution in [2.24, 2.45) is 0 Å². The minimum atomic E-state index is 0.669. The van der Waals surface area contributed by atoms with Crippen LogP contribution in [0.4, 0.5) is 34.6 Å². The van der Waals surface area contributed by atoms with Gasteiger partial charge in [-0.2, -0.15) is 0 Å². The van der Waals surface area contributed by atoms with E-state index in [1.54, 1.807) is 0 Å². The van der Waals surface area contributed by atoms with E-state index in [0.717, 1.165) is 78.4 Å². The molecule has 4 heterocycles. The molecular formula is C63H42N6. The van der Waals surface area contributed by atoms with E-state index in [1.165, 1.54) is 43.5 Å². The zero-order valence-corrected chi connectivity index (χ0v) is 37.5. The summed E-state index contributed by atoms with van der Waals surface area (Å²) in [7, 11) is 0. The van der Waals surface area contributed by atoms with E-state index in [0.29, 0.717) is 6.42 Å². The molecule has 0 saturated carbocycles. The summed E-state index contributed by atoms with van der Waals surface area (Å²) in [6, 6.07) is 81.9. The van der Waals surface area contributed by atoms with Gasteiger partial charge >= 0.3 is 0 Å². The molecule has 0 bridgehead atoms. The van der Waals surface area contributed by atoms with Gasteiger partial charge in [0.05, 0.1) is 11.0 Å².